The molecule has 0 aliphatic carbocycles. The van der Waals surface area contributed by atoms with Gasteiger partial charge >= 0.3 is 10.2 Å². The zero-order valence-corrected chi connectivity index (χ0v) is 11.0. The van der Waals surface area contributed by atoms with Crippen LogP contribution in [0.4, 0.5) is 3.89 Å². The minimum Gasteiger partial charge on any atom is -0.352 e. The molecule has 1 aromatic carbocycles. The van der Waals surface area contributed by atoms with E-state index in [0.29, 0.717) is 0 Å². The van der Waals surface area contributed by atoms with Gasteiger partial charge in [0.05, 0.1) is 5.02 Å². The summed E-state index contributed by atoms with van der Waals surface area (Å²) in [5.41, 5.74) is 0.266. The number of nitrogens with one attached hydrogen (secondary N) is 1. The average molecular weight is 300 g/mol. The highest BCUT2D eigenvalue weighted by molar-refractivity contribution is 7.86. The van der Waals surface area contributed by atoms with E-state index in [-0.39, 0.29) is 28.1 Å². The highest BCUT2D eigenvalue weighted by atomic mass is 35.5. The third-order valence-electron chi connectivity index (χ3n) is 1.89. The molecular formula is C9H8Cl2FNO3S. The average Bonchev–Trinajstić information content (AvgIpc) is 2.13. The summed E-state index contributed by atoms with van der Waals surface area (Å²) in [4.78, 5) is 10.0. The summed E-state index contributed by atoms with van der Waals surface area (Å²) < 4.78 is 34.4. The Kier molecular flexibility index (Phi) is 4.35. The van der Waals surface area contributed by atoms with Crippen molar-refractivity contribution in [2.24, 2.45) is 0 Å². The summed E-state index contributed by atoms with van der Waals surface area (Å²) >= 11 is 11.3. The zero-order chi connectivity index (χ0) is 13.2. The van der Waals surface area contributed by atoms with E-state index < -0.39 is 15.1 Å². The van der Waals surface area contributed by atoms with Crippen molar-refractivity contribution in [3.05, 3.63) is 27.7 Å². The van der Waals surface area contributed by atoms with Crippen LogP contribution in [0.5, 0.6) is 0 Å². The van der Waals surface area contributed by atoms with Crippen molar-refractivity contribution in [2.45, 2.75) is 18.4 Å². The highest BCUT2D eigenvalue weighted by Gasteiger charge is 2.19. The van der Waals surface area contributed by atoms with Gasteiger partial charge in [-0.15, -0.1) is 3.89 Å². The van der Waals surface area contributed by atoms with Crippen molar-refractivity contribution in [1.82, 2.24) is 5.32 Å². The quantitative estimate of drug-likeness (QED) is 0.871. The van der Waals surface area contributed by atoms with Crippen LogP contribution in [0.1, 0.15) is 12.5 Å². The van der Waals surface area contributed by atoms with Crippen LogP contribution in [0.3, 0.4) is 0 Å². The van der Waals surface area contributed by atoms with Gasteiger partial charge in [-0.2, -0.15) is 8.42 Å². The topological polar surface area (TPSA) is 63.2 Å². The fourth-order valence-corrected chi connectivity index (χ4v) is 2.41. The molecule has 0 bridgehead atoms. The summed E-state index contributed by atoms with van der Waals surface area (Å²) in [5, 5.41) is 2.26. The molecule has 0 atom stereocenters. The largest absolute Gasteiger partial charge is 0.352 e. The SMILES string of the molecule is CC(=O)NCc1cc(S(=O)(=O)F)c(Cl)cc1Cl. The number of rotatable bonds is 3. The number of amides is 1. The van der Waals surface area contributed by atoms with Gasteiger partial charge in [-0.05, 0) is 17.7 Å². The highest BCUT2D eigenvalue weighted by Crippen LogP contribution is 2.29. The fourth-order valence-electron chi connectivity index (χ4n) is 1.11. The summed E-state index contributed by atoms with van der Waals surface area (Å²) in [7, 11) is -4.91. The third kappa shape index (κ3) is 3.83. The molecule has 0 aromatic heterocycles. The lowest BCUT2D eigenvalue weighted by Gasteiger charge is -2.08. The number of halogens is 3. The minimum absolute atomic E-state index is 0.00610. The van der Waals surface area contributed by atoms with E-state index in [1.165, 1.54) is 6.92 Å². The standard InChI is InChI=1S/C9H8Cl2FNO3S/c1-5(14)13-4-6-2-9(17(12,15)16)8(11)3-7(6)10/h2-3H,4H2,1H3,(H,13,14). The van der Waals surface area contributed by atoms with E-state index in [2.05, 4.69) is 5.32 Å². The van der Waals surface area contributed by atoms with E-state index in [9.17, 15) is 17.1 Å². The van der Waals surface area contributed by atoms with Gasteiger partial charge in [0.25, 0.3) is 0 Å². The lowest BCUT2D eigenvalue weighted by molar-refractivity contribution is -0.119. The summed E-state index contributed by atoms with van der Waals surface area (Å²) in [6.45, 7) is 1.28. The van der Waals surface area contributed by atoms with Crippen LogP contribution in [0.15, 0.2) is 17.0 Å². The first-order chi connectivity index (χ1) is 7.71. The van der Waals surface area contributed by atoms with Crippen LogP contribution in [-0.2, 0) is 21.6 Å². The Morgan fingerprint density at radius 1 is 1.35 bits per heavy atom. The van der Waals surface area contributed by atoms with Gasteiger partial charge in [-0.25, -0.2) is 0 Å². The molecule has 0 radical (unpaired) electrons. The fraction of sp³-hybridized carbons (Fsp3) is 0.222. The summed E-state index contributed by atoms with van der Waals surface area (Å²) in [6.07, 6.45) is 0. The Morgan fingerprint density at radius 2 is 1.94 bits per heavy atom. The number of hydrogen-bond donors (Lipinski definition) is 1. The van der Waals surface area contributed by atoms with E-state index in [0.717, 1.165) is 12.1 Å². The molecule has 0 aliphatic heterocycles. The molecular weight excluding hydrogens is 292 g/mol. The van der Waals surface area contributed by atoms with Crippen LogP contribution in [-0.4, -0.2) is 14.3 Å². The van der Waals surface area contributed by atoms with Crippen LogP contribution in [0, 0.1) is 0 Å². The Bertz CT molecular complexity index is 560. The number of carbonyl (C=O) groups is 1. The van der Waals surface area contributed by atoms with Crippen molar-refractivity contribution < 1.29 is 17.1 Å². The maximum absolute atomic E-state index is 12.8. The molecule has 1 amide bonds. The van der Waals surface area contributed by atoms with E-state index >= 15 is 0 Å². The van der Waals surface area contributed by atoms with Gasteiger partial charge in [-0.1, -0.05) is 23.2 Å². The molecule has 1 N–H and O–H groups in total. The Labute approximate surface area is 108 Å². The zero-order valence-electron chi connectivity index (χ0n) is 8.63. The van der Waals surface area contributed by atoms with Gasteiger partial charge in [0, 0.05) is 18.5 Å². The van der Waals surface area contributed by atoms with E-state index in [1.54, 1.807) is 0 Å². The Balaban J connectivity index is 3.20. The molecule has 1 rings (SSSR count). The lowest BCUT2D eigenvalue weighted by Crippen LogP contribution is -2.19. The maximum Gasteiger partial charge on any atom is 0.333 e. The first-order valence-corrected chi connectivity index (χ1v) is 6.53. The van der Waals surface area contributed by atoms with Crippen molar-refractivity contribution in [2.75, 3.05) is 0 Å². The first kappa shape index (κ1) is 14.2. The molecule has 1 aromatic rings. The second kappa shape index (κ2) is 5.20. The molecule has 0 aliphatic rings. The molecule has 0 heterocycles. The number of benzene rings is 1. The van der Waals surface area contributed by atoms with Gasteiger partial charge in [0.15, 0.2) is 0 Å². The summed E-state index contributed by atoms with van der Waals surface area (Å²) in [6, 6.07) is 2.11. The van der Waals surface area contributed by atoms with E-state index in [1.807, 2.05) is 0 Å². The Morgan fingerprint density at radius 3 is 2.41 bits per heavy atom. The van der Waals surface area contributed by atoms with Crippen molar-refractivity contribution in [3.63, 3.8) is 0 Å². The molecule has 0 spiro atoms. The van der Waals surface area contributed by atoms with Crippen LogP contribution < -0.4 is 5.32 Å². The van der Waals surface area contributed by atoms with Gasteiger partial charge < -0.3 is 5.32 Å². The van der Waals surface area contributed by atoms with Gasteiger partial charge in [0.1, 0.15) is 4.90 Å². The predicted molar refractivity (Wildman–Crippen MR) is 62.3 cm³/mol. The normalized spacial score (nSPS) is 11.3. The first-order valence-electron chi connectivity index (χ1n) is 4.39. The molecule has 94 valence electrons. The van der Waals surface area contributed by atoms with Crippen molar-refractivity contribution >= 4 is 39.3 Å². The minimum atomic E-state index is -4.91. The molecule has 4 nitrogen and oxygen atoms in total. The second-order valence-corrected chi connectivity index (χ2v) is 5.35. The third-order valence-corrected chi connectivity index (χ3v) is 3.53. The van der Waals surface area contributed by atoms with Crippen LogP contribution in [0.25, 0.3) is 0 Å². The second-order valence-electron chi connectivity index (χ2n) is 3.22. The molecule has 8 heteroatoms. The number of carbonyl (C=O) groups excluding carboxylic acids is 1. The molecule has 0 fully saturated rings. The number of hydrogen-bond acceptors (Lipinski definition) is 3. The Hall–Kier alpha value is -0.850. The van der Waals surface area contributed by atoms with Gasteiger partial charge in [-0.3, -0.25) is 4.79 Å². The molecule has 17 heavy (non-hydrogen) atoms. The van der Waals surface area contributed by atoms with Crippen LogP contribution in [0.2, 0.25) is 10.0 Å². The van der Waals surface area contributed by atoms with Crippen molar-refractivity contribution in [1.29, 1.82) is 0 Å². The predicted octanol–water partition coefficient (Wildman–Crippen LogP) is 2.29. The molecule has 0 unspecified atom stereocenters. The smallest absolute Gasteiger partial charge is 0.333 e. The van der Waals surface area contributed by atoms with E-state index in [4.69, 9.17) is 23.2 Å². The monoisotopic (exact) mass is 299 g/mol. The van der Waals surface area contributed by atoms with Gasteiger partial charge in [0.2, 0.25) is 5.91 Å². The van der Waals surface area contributed by atoms with Crippen LogP contribution >= 0.6 is 23.2 Å². The summed E-state index contributed by atoms with van der Waals surface area (Å²) in [5.74, 6) is -0.319. The maximum atomic E-state index is 12.8. The van der Waals surface area contributed by atoms with Crippen molar-refractivity contribution in [3.8, 4) is 0 Å². The molecule has 0 saturated heterocycles. The molecule has 0 saturated carbocycles. The lowest BCUT2D eigenvalue weighted by atomic mass is 10.2.